The largest absolute Gasteiger partial charge is 0.465 e. The lowest BCUT2D eigenvalue weighted by atomic mass is 10.0. The van der Waals surface area contributed by atoms with E-state index in [1.807, 2.05) is 36.6 Å². The van der Waals surface area contributed by atoms with E-state index in [1.54, 1.807) is 6.07 Å². The van der Waals surface area contributed by atoms with Gasteiger partial charge in [-0.05, 0) is 13.0 Å². The molecule has 1 N–H and O–H groups in total. The predicted molar refractivity (Wildman–Crippen MR) is 128 cm³/mol. The Bertz CT molecular complexity index is 1140. The van der Waals surface area contributed by atoms with E-state index in [9.17, 15) is 9.59 Å². The van der Waals surface area contributed by atoms with Crippen LogP contribution in [0.3, 0.4) is 0 Å². The molecule has 0 unspecified atom stereocenters. The second-order valence-electron chi connectivity index (χ2n) is 7.86. The highest BCUT2D eigenvalue weighted by molar-refractivity contribution is 7.15. The van der Waals surface area contributed by atoms with Crippen molar-refractivity contribution in [3.63, 3.8) is 0 Å². The summed E-state index contributed by atoms with van der Waals surface area (Å²) in [5.41, 5.74) is 2.55. The summed E-state index contributed by atoms with van der Waals surface area (Å²) < 4.78 is 10.3. The quantitative estimate of drug-likeness (QED) is 0.504. The molecule has 33 heavy (non-hydrogen) atoms. The summed E-state index contributed by atoms with van der Waals surface area (Å²) in [6.45, 7) is 6.05. The number of anilines is 1. The fourth-order valence-electron chi connectivity index (χ4n) is 3.82. The van der Waals surface area contributed by atoms with Gasteiger partial charge in [-0.15, -0.1) is 11.3 Å². The number of nitrogens with one attached hydrogen (secondary N) is 1. The minimum atomic E-state index is -0.516. The van der Waals surface area contributed by atoms with E-state index in [0.29, 0.717) is 27.7 Å². The van der Waals surface area contributed by atoms with Crippen molar-refractivity contribution in [1.29, 1.82) is 0 Å². The summed E-state index contributed by atoms with van der Waals surface area (Å²) in [7, 11) is 1.32. The van der Waals surface area contributed by atoms with Crippen molar-refractivity contribution in [3.05, 3.63) is 57.8 Å². The van der Waals surface area contributed by atoms with Crippen LogP contribution in [-0.4, -0.2) is 66.7 Å². The highest BCUT2D eigenvalue weighted by Gasteiger charge is 2.25. The SMILES string of the molecule is COC(=O)c1c(-c2ccccc2Cl)csc1NC(=O)CN1CCN(Cc2cc(C)no2)CC1. The van der Waals surface area contributed by atoms with Crippen LogP contribution in [0.2, 0.25) is 5.02 Å². The van der Waals surface area contributed by atoms with Gasteiger partial charge in [0.05, 0.1) is 25.9 Å². The first kappa shape index (κ1) is 23.4. The van der Waals surface area contributed by atoms with Gasteiger partial charge in [0.1, 0.15) is 10.6 Å². The molecule has 0 radical (unpaired) electrons. The zero-order valence-corrected chi connectivity index (χ0v) is 20.0. The maximum absolute atomic E-state index is 12.8. The van der Waals surface area contributed by atoms with Crippen molar-refractivity contribution in [3.8, 4) is 11.1 Å². The first-order valence-corrected chi connectivity index (χ1v) is 11.8. The number of rotatable bonds is 7. The van der Waals surface area contributed by atoms with Crippen molar-refractivity contribution < 1.29 is 18.8 Å². The van der Waals surface area contributed by atoms with Crippen LogP contribution in [0.25, 0.3) is 11.1 Å². The summed E-state index contributed by atoms with van der Waals surface area (Å²) in [5, 5.41) is 9.61. The normalized spacial score (nSPS) is 14.9. The first-order valence-electron chi connectivity index (χ1n) is 10.6. The van der Waals surface area contributed by atoms with Crippen molar-refractivity contribution in [2.24, 2.45) is 0 Å². The molecule has 0 spiro atoms. The molecular formula is C23H25ClN4O4S. The summed E-state index contributed by atoms with van der Waals surface area (Å²) in [6.07, 6.45) is 0. The first-order chi connectivity index (χ1) is 15.9. The molecule has 0 atom stereocenters. The Labute approximate surface area is 201 Å². The Morgan fingerprint density at radius 2 is 1.91 bits per heavy atom. The molecule has 1 amide bonds. The van der Waals surface area contributed by atoms with Crippen LogP contribution < -0.4 is 5.32 Å². The molecule has 2 aromatic heterocycles. The summed E-state index contributed by atoms with van der Waals surface area (Å²) >= 11 is 7.61. The predicted octanol–water partition coefficient (Wildman–Crippen LogP) is 3.91. The van der Waals surface area contributed by atoms with Gasteiger partial charge in [0.15, 0.2) is 5.76 Å². The number of methoxy groups -OCH3 is 1. The van der Waals surface area contributed by atoms with Crippen molar-refractivity contribution in [2.75, 3.05) is 45.2 Å². The van der Waals surface area contributed by atoms with Crippen molar-refractivity contribution in [2.45, 2.75) is 13.5 Å². The maximum Gasteiger partial charge on any atom is 0.341 e. The Morgan fingerprint density at radius 3 is 2.58 bits per heavy atom. The molecule has 1 aliphatic rings. The molecule has 0 aliphatic carbocycles. The van der Waals surface area contributed by atoms with Crippen LogP contribution >= 0.6 is 22.9 Å². The fourth-order valence-corrected chi connectivity index (χ4v) is 5.02. The zero-order valence-electron chi connectivity index (χ0n) is 18.5. The highest BCUT2D eigenvalue weighted by atomic mass is 35.5. The fraction of sp³-hybridized carbons (Fsp3) is 0.348. The number of aromatic nitrogens is 1. The van der Waals surface area contributed by atoms with Crippen molar-refractivity contribution in [1.82, 2.24) is 15.0 Å². The van der Waals surface area contributed by atoms with Crippen LogP contribution in [-0.2, 0) is 16.1 Å². The smallest absolute Gasteiger partial charge is 0.341 e. The molecule has 0 bridgehead atoms. The molecule has 1 aliphatic heterocycles. The highest BCUT2D eigenvalue weighted by Crippen LogP contribution is 2.39. The van der Waals surface area contributed by atoms with Crippen LogP contribution in [0.5, 0.6) is 0 Å². The van der Waals surface area contributed by atoms with E-state index in [0.717, 1.165) is 43.2 Å². The third kappa shape index (κ3) is 5.62. The van der Waals surface area contributed by atoms with Gasteiger partial charge >= 0.3 is 5.97 Å². The third-order valence-electron chi connectivity index (χ3n) is 5.49. The lowest BCUT2D eigenvalue weighted by molar-refractivity contribution is -0.117. The van der Waals surface area contributed by atoms with E-state index in [1.165, 1.54) is 18.4 Å². The van der Waals surface area contributed by atoms with Crippen LogP contribution in [0, 0.1) is 6.92 Å². The standard InChI is InChI=1S/C23H25ClN4O4S/c1-15-11-16(32-26-15)12-27-7-9-28(10-8-27)13-20(29)25-22-21(23(30)31-2)18(14-33-22)17-5-3-4-6-19(17)24/h3-6,11,14H,7-10,12-13H2,1-2H3,(H,25,29). The molecule has 1 saturated heterocycles. The minimum absolute atomic E-state index is 0.174. The number of halogens is 1. The van der Waals surface area contributed by atoms with Crippen LogP contribution in [0.15, 0.2) is 40.2 Å². The Hall–Kier alpha value is -2.72. The van der Waals surface area contributed by atoms with Gasteiger partial charge in [-0.2, -0.15) is 0 Å². The summed E-state index contributed by atoms with van der Waals surface area (Å²) in [5.74, 6) is 0.158. The number of hydrogen-bond acceptors (Lipinski definition) is 8. The number of aryl methyl sites for hydroxylation is 1. The second-order valence-corrected chi connectivity index (χ2v) is 9.15. The molecule has 8 nitrogen and oxygen atoms in total. The maximum atomic E-state index is 12.8. The lowest BCUT2D eigenvalue weighted by Gasteiger charge is -2.33. The number of ether oxygens (including phenoxy) is 1. The molecule has 174 valence electrons. The molecule has 1 aromatic carbocycles. The molecule has 3 aromatic rings. The Kier molecular flexibility index (Phi) is 7.44. The summed E-state index contributed by atoms with van der Waals surface area (Å²) in [6, 6.07) is 9.21. The number of nitrogens with zero attached hydrogens (tertiary/aromatic N) is 3. The van der Waals surface area contributed by atoms with Gasteiger partial charge in [0.25, 0.3) is 0 Å². The van der Waals surface area contributed by atoms with Crippen LogP contribution in [0.4, 0.5) is 5.00 Å². The second kappa shape index (κ2) is 10.5. The molecule has 10 heteroatoms. The van der Waals surface area contributed by atoms with E-state index in [-0.39, 0.29) is 12.5 Å². The van der Waals surface area contributed by atoms with Gasteiger partial charge in [0.2, 0.25) is 5.91 Å². The Balaban J connectivity index is 1.38. The van der Waals surface area contributed by atoms with Crippen LogP contribution in [0.1, 0.15) is 21.8 Å². The van der Waals surface area contributed by atoms with Gasteiger partial charge in [-0.3, -0.25) is 14.6 Å². The van der Waals surface area contributed by atoms with E-state index >= 15 is 0 Å². The number of benzene rings is 1. The zero-order chi connectivity index (χ0) is 23.4. The van der Waals surface area contributed by atoms with Gasteiger partial charge in [-0.1, -0.05) is 35.0 Å². The monoisotopic (exact) mass is 488 g/mol. The van der Waals surface area contributed by atoms with E-state index < -0.39 is 5.97 Å². The molecule has 0 saturated carbocycles. The van der Waals surface area contributed by atoms with Gasteiger partial charge in [0, 0.05) is 53.8 Å². The number of esters is 1. The van der Waals surface area contributed by atoms with Crippen molar-refractivity contribution >= 4 is 39.8 Å². The Morgan fingerprint density at radius 1 is 1.18 bits per heavy atom. The third-order valence-corrected chi connectivity index (χ3v) is 6.71. The van der Waals surface area contributed by atoms with E-state index in [4.69, 9.17) is 20.9 Å². The average molecular weight is 489 g/mol. The van der Waals surface area contributed by atoms with Gasteiger partial charge in [-0.25, -0.2) is 4.79 Å². The number of piperazine rings is 1. The topological polar surface area (TPSA) is 87.9 Å². The number of hydrogen-bond donors (Lipinski definition) is 1. The lowest BCUT2D eigenvalue weighted by Crippen LogP contribution is -2.48. The molecule has 3 heterocycles. The molecular weight excluding hydrogens is 464 g/mol. The number of amides is 1. The average Bonchev–Trinajstić information content (AvgIpc) is 3.40. The number of carbonyl (C=O) groups is 2. The molecule has 4 rings (SSSR count). The van der Waals surface area contributed by atoms with E-state index in [2.05, 4.69) is 20.3 Å². The minimum Gasteiger partial charge on any atom is -0.465 e. The number of carbonyl (C=O) groups excluding carboxylic acids is 2. The molecule has 1 fully saturated rings. The van der Waals surface area contributed by atoms with Gasteiger partial charge < -0.3 is 14.6 Å². The summed E-state index contributed by atoms with van der Waals surface area (Å²) in [4.78, 5) is 29.7. The number of thiophene rings is 1.